The third kappa shape index (κ3) is 6.99. The quantitative estimate of drug-likeness (QED) is 0.525. The van der Waals surface area contributed by atoms with Crippen LogP contribution in [0.15, 0.2) is 24.3 Å². The molecule has 0 aromatic heterocycles. The highest BCUT2D eigenvalue weighted by atomic mass is 16.5. The van der Waals surface area contributed by atoms with E-state index in [1.807, 2.05) is 24.3 Å². The zero-order chi connectivity index (χ0) is 14.6. The molecule has 1 rings (SSSR count). The van der Waals surface area contributed by atoms with Gasteiger partial charge in [-0.15, -0.1) is 0 Å². The molecule has 0 saturated carbocycles. The molecule has 0 radical (unpaired) electrons. The van der Waals surface area contributed by atoms with Gasteiger partial charge >= 0.3 is 5.97 Å². The van der Waals surface area contributed by atoms with Gasteiger partial charge in [-0.25, -0.2) is 0 Å². The molecule has 0 atom stereocenters. The molecule has 0 spiro atoms. The second-order valence-corrected chi connectivity index (χ2v) is 4.30. The fourth-order valence-corrected chi connectivity index (χ4v) is 1.66. The molecule has 0 amide bonds. The van der Waals surface area contributed by atoms with Crippen molar-refractivity contribution in [1.82, 2.24) is 5.32 Å². The second-order valence-electron chi connectivity index (χ2n) is 4.30. The molecule has 0 aliphatic heterocycles. The Morgan fingerprint density at radius 3 is 2.55 bits per heavy atom. The van der Waals surface area contributed by atoms with Crippen molar-refractivity contribution in [2.45, 2.75) is 19.8 Å². The minimum atomic E-state index is -0.219. The predicted octanol–water partition coefficient (Wildman–Crippen LogP) is 2.01. The summed E-state index contributed by atoms with van der Waals surface area (Å²) in [5.41, 5.74) is 0. The lowest BCUT2D eigenvalue weighted by Crippen LogP contribution is -2.22. The Labute approximate surface area is 120 Å². The highest BCUT2D eigenvalue weighted by Gasteiger charge is 2.01. The van der Waals surface area contributed by atoms with E-state index in [-0.39, 0.29) is 5.97 Å². The van der Waals surface area contributed by atoms with Crippen molar-refractivity contribution >= 4 is 5.97 Å². The Morgan fingerprint density at radius 2 is 1.85 bits per heavy atom. The van der Waals surface area contributed by atoms with Crippen molar-refractivity contribution in [1.29, 1.82) is 0 Å². The number of rotatable bonds is 10. The van der Waals surface area contributed by atoms with Crippen LogP contribution in [0.2, 0.25) is 0 Å². The number of para-hydroxylation sites is 2. The van der Waals surface area contributed by atoms with Crippen molar-refractivity contribution in [3.63, 3.8) is 0 Å². The Morgan fingerprint density at radius 1 is 1.10 bits per heavy atom. The van der Waals surface area contributed by atoms with Crippen molar-refractivity contribution in [2.75, 3.05) is 33.4 Å². The first-order valence-corrected chi connectivity index (χ1v) is 6.84. The Bertz CT molecular complexity index is 395. The standard InChI is InChI=1S/C15H23NO4/c1-13(17)19-11-6-5-9-16-10-12-20-15-8-4-3-7-14(15)18-2/h3-4,7-8,16H,5-6,9-12H2,1-2H3. The van der Waals surface area contributed by atoms with Crippen LogP contribution in [0.1, 0.15) is 19.8 Å². The summed E-state index contributed by atoms with van der Waals surface area (Å²) < 4.78 is 15.7. The monoisotopic (exact) mass is 281 g/mol. The molecule has 1 N–H and O–H groups in total. The number of esters is 1. The van der Waals surface area contributed by atoms with Crippen LogP contribution >= 0.6 is 0 Å². The van der Waals surface area contributed by atoms with Gasteiger partial charge in [0.05, 0.1) is 13.7 Å². The zero-order valence-corrected chi connectivity index (χ0v) is 12.2. The highest BCUT2D eigenvalue weighted by molar-refractivity contribution is 5.65. The normalized spacial score (nSPS) is 10.1. The van der Waals surface area contributed by atoms with E-state index < -0.39 is 0 Å². The average Bonchev–Trinajstić information content (AvgIpc) is 2.45. The lowest BCUT2D eigenvalue weighted by molar-refractivity contribution is -0.141. The van der Waals surface area contributed by atoms with E-state index >= 15 is 0 Å². The van der Waals surface area contributed by atoms with Crippen molar-refractivity contribution < 1.29 is 19.0 Å². The second kappa shape index (κ2) is 10.1. The number of hydrogen-bond acceptors (Lipinski definition) is 5. The Hall–Kier alpha value is -1.75. The van der Waals surface area contributed by atoms with Gasteiger partial charge < -0.3 is 19.5 Å². The fraction of sp³-hybridized carbons (Fsp3) is 0.533. The van der Waals surface area contributed by atoms with Crippen molar-refractivity contribution in [2.24, 2.45) is 0 Å². The van der Waals surface area contributed by atoms with E-state index in [9.17, 15) is 4.79 Å². The van der Waals surface area contributed by atoms with Crippen molar-refractivity contribution in [3.8, 4) is 11.5 Å². The summed E-state index contributed by atoms with van der Waals surface area (Å²) in [6, 6.07) is 7.59. The summed E-state index contributed by atoms with van der Waals surface area (Å²) in [6.45, 7) is 4.16. The van der Waals surface area contributed by atoms with Crippen LogP contribution in [0.4, 0.5) is 0 Å². The van der Waals surface area contributed by atoms with E-state index in [0.29, 0.717) is 13.2 Å². The van der Waals surface area contributed by atoms with Gasteiger partial charge in [-0.1, -0.05) is 12.1 Å². The van der Waals surface area contributed by atoms with Gasteiger partial charge in [-0.05, 0) is 31.5 Å². The van der Waals surface area contributed by atoms with E-state index in [0.717, 1.165) is 37.4 Å². The van der Waals surface area contributed by atoms with Gasteiger partial charge in [0, 0.05) is 13.5 Å². The molecule has 0 saturated heterocycles. The van der Waals surface area contributed by atoms with Gasteiger partial charge in [0.1, 0.15) is 6.61 Å². The lowest BCUT2D eigenvalue weighted by atomic mass is 10.3. The molecule has 112 valence electrons. The largest absolute Gasteiger partial charge is 0.493 e. The van der Waals surface area contributed by atoms with Crippen LogP contribution in [0.25, 0.3) is 0 Å². The van der Waals surface area contributed by atoms with E-state index in [1.165, 1.54) is 6.92 Å². The number of carbonyl (C=O) groups is 1. The third-order valence-corrected chi connectivity index (χ3v) is 2.66. The van der Waals surface area contributed by atoms with E-state index in [4.69, 9.17) is 14.2 Å². The highest BCUT2D eigenvalue weighted by Crippen LogP contribution is 2.25. The molecule has 0 aliphatic rings. The minimum absolute atomic E-state index is 0.219. The number of hydrogen-bond donors (Lipinski definition) is 1. The first-order chi connectivity index (χ1) is 9.74. The molecule has 5 heteroatoms. The van der Waals surface area contributed by atoms with Crippen LogP contribution in [0, 0.1) is 0 Å². The van der Waals surface area contributed by atoms with Gasteiger partial charge in [-0.2, -0.15) is 0 Å². The summed E-state index contributed by atoms with van der Waals surface area (Å²) in [5.74, 6) is 1.28. The van der Waals surface area contributed by atoms with Crippen LogP contribution in [0.3, 0.4) is 0 Å². The fourth-order valence-electron chi connectivity index (χ4n) is 1.66. The molecule has 1 aromatic carbocycles. The topological polar surface area (TPSA) is 56.8 Å². The molecular weight excluding hydrogens is 258 g/mol. The summed E-state index contributed by atoms with van der Waals surface area (Å²) in [5, 5.41) is 3.27. The summed E-state index contributed by atoms with van der Waals surface area (Å²) in [6.07, 6.45) is 1.85. The molecule has 0 aliphatic carbocycles. The van der Waals surface area contributed by atoms with Crippen LogP contribution in [-0.4, -0.2) is 39.4 Å². The smallest absolute Gasteiger partial charge is 0.302 e. The molecule has 0 heterocycles. The number of ether oxygens (including phenoxy) is 3. The maximum atomic E-state index is 10.5. The number of unbranched alkanes of at least 4 members (excludes halogenated alkanes) is 1. The van der Waals surface area contributed by atoms with Crippen LogP contribution in [0.5, 0.6) is 11.5 Å². The average molecular weight is 281 g/mol. The predicted molar refractivity (Wildman–Crippen MR) is 77.2 cm³/mol. The summed E-state index contributed by atoms with van der Waals surface area (Å²) in [7, 11) is 1.63. The number of methoxy groups -OCH3 is 1. The maximum Gasteiger partial charge on any atom is 0.302 e. The van der Waals surface area contributed by atoms with Gasteiger partial charge in [0.15, 0.2) is 11.5 Å². The van der Waals surface area contributed by atoms with Crippen LogP contribution in [-0.2, 0) is 9.53 Å². The van der Waals surface area contributed by atoms with Crippen molar-refractivity contribution in [3.05, 3.63) is 24.3 Å². The summed E-state index contributed by atoms with van der Waals surface area (Å²) in [4.78, 5) is 10.5. The first-order valence-electron chi connectivity index (χ1n) is 6.84. The molecule has 20 heavy (non-hydrogen) atoms. The maximum absolute atomic E-state index is 10.5. The van der Waals surface area contributed by atoms with Gasteiger partial charge in [0.2, 0.25) is 0 Å². The number of carbonyl (C=O) groups excluding carboxylic acids is 1. The molecule has 1 aromatic rings. The van der Waals surface area contributed by atoms with Gasteiger partial charge in [-0.3, -0.25) is 4.79 Å². The first kappa shape index (κ1) is 16.3. The van der Waals surface area contributed by atoms with Gasteiger partial charge in [0.25, 0.3) is 0 Å². The molecule has 0 bridgehead atoms. The molecule has 5 nitrogen and oxygen atoms in total. The SMILES string of the molecule is COc1ccccc1OCCNCCCCOC(C)=O. The van der Waals surface area contributed by atoms with E-state index in [1.54, 1.807) is 7.11 Å². The Balaban J connectivity index is 2.01. The molecular formula is C15H23NO4. The number of benzene rings is 1. The zero-order valence-electron chi connectivity index (χ0n) is 12.2. The lowest BCUT2D eigenvalue weighted by Gasteiger charge is -2.10. The van der Waals surface area contributed by atoms with E-state index in [2.05, 4.69) is 5.32 Å². The minimum Gasteiger partial charge on any atom is -0.493 e. The molecule has 0 unspecified atom stereocenters. The third-order valence-electron chi connectivity index (χ3n) is 2.66. The van der Waals surface area contributed by atoms with Crippen LogP contribution < -0.4 is 14.8 Å². The molecule has 0 fully saturated rings. The Kier molecular flexibility index (Phi) is 8.22. The number of nitrogens with one attached hydrogen (secondary N) is 1. The summed E-state index contributed by atoms with van der Waals surface area (Å²) >= 11 is 0.